The second kappa shape index (κ2) is 6.41. The summed E-state index contributed by atoms with van der Waals surface area (Å²) in [5, 5.41) is 9.07. The fourth-order valence-electron chi connectivity index (χ4n) is 2.10. The minimum absolute atomic E-state index is 0.197. The maximum Gasteiger partial charge on any atom is 0.291 e. The summed E-state index contributed by atoms with van der Waals surface area (Å²) in [7, 11) is 0. The second-order valence-electron chi connectivity index (χ2n) is 5.24. The van der Waals surface area contributed by atoms with Gasteiger partial charge in [0.2, 0.25) is 0 Å². The standard InChI is InChI=1S/C17H15N3O4/c1-10-5-6-12(16(21)19-15-8-11(2)24-20-15)9-13(10)18-17(22)14-4-3-7-23-14/h3-9H,1-2H3,(H,18,22)(H,19,20,21). The van der Waals surface area contributed by atoms with E-state index >= 15 is 0 Å². The highest BCUT2D eigenvalue weighted by Gasteiger charge is 2.14. The van der Waals surface area contributed by atoms with Crippen LogP contribution in [0, 0.1) is 13.8 Å². The van der Waals surface area contributed by atoms with Gasteiger partial charge in [0.15, 0.2) is 11.6 Å². The van der Waals surface area contributed by atoms with Gasteiger partial charge in [0.05, 0.1) is 6.26 Å². The van der Waals surface area contributed by atoms with Gasteiger partial charge in [-0.25, -0.2) is 0 Å². The molecule has 0 unspecified atom stereocenters. The summed E-state index contributed by atoms with van der Waals surface area (Å²) in [5.74, 6) is 0.395. The molecular formula is C17H15N3O4. The van der Waals surface area contributed by atoms with Crippen LogP contribution in [0.2, 0.25) is 0 Å². The van der Waals surface area contributed by atoms with E-state index in [9.17, 15) is 9.59 Å². The predicted octanol–water partition coefficient (Wildman–Crippen LogP) is 3.39. The van der Waals surface area contributed by atoms with Gasteiger partial charge in [0.1, 0.15) is 5.76 Å². The lowest BCUT2D eigenvalue weighted by Gasteiger charge is -2.09. The number of nitrogens with zero attached hydrogens (tertiary/aromatic N) is 1. The molecule has 3 aromatic rings. The number of rotatable bonds is 4. The van der Waals surface area contributed by atoms with E-state index in [1.54, 1.807) is 43.3 Å². The molecule has 2 N–H and O–H groups in total. The molecule has 0 saturated carbocycles. The Morgan fingerprint density at radius 3 is 2.54 bits per heavy atom. The number of furan rings is 1. The summed E-state index contributed by atoms with van der Waals surface area (Å²) in [5.41, 5.74) is 1.74. The second-order valence-corrected chi connectivity index (χ2v) is 5.24. The summed E-state index contributed by atoms with van der Waals surface area (Å²) >= 11 is 0. The van der Waals surface area contributed by atoms with Crippen LogP contribution < -0.4 is 10.6 Å². The molecule has 7 heteroatoms. The third-order valence-corrected chi connectivity index (χ3v) is 3.36. The Morgan fingerprint density at radius 1 is 1.04 bits per heavy atom. The van der Waals surface area contributed by atoms with Crippen LogP contribution in [-0.2, 0) is 0 Å². The van der Waals surface area contributed by atoms with E-state index in [0.717, 1.165) is 5.56 Å². The molecule has 0 aliphatic carbocycles. The van der Waals surface area contributed by atoms with E-state index in [1.807, 2.05) is 6.92 Å². The van der Waals surface area contributed by atoms with Gasteiger partial charge in [-0.3, -0.25) is 9.59 Å². The zero-order valence-corrected chi connectivity index (χ0v) is 13.1. The maximum atomic E-state index is 12.3. The van der Waals surface area contributed by atoms with E-state index in [2.05, 4.69) is 15.8 Å². The van der Waals surface area contributed by atoms with E-state index in [4.69, 9.17) is 8.94 Å². The zero-order chi connectivity index (χ0) is 17.1. The molecule has 3 rings (SSSR count). The van der Waals surface area contributed by atoms with Gasteiger partial charge in [0, 0.05) is 17.3 Å². The third kappa shape index (κ3) is 3.35. The number of carbonyl (C=O) groups is 2. The molecule has 0 saturated heterocycles. The lowest BCUT2D eigenvalue weighted by Crippen LogP contribution is -2.15. The monoisotopic (exact) mass is 325 g/mol. The number of aromatic nitrogens is 1. The van der Waals surface area contributed by atoms with Gasteiger partial charge >= 0.3 is 0 Å². The van der Waals surface area contributed by atoms with Crippen molar-refractivity contribution in [1.82, 2.24) is 5.16 Å². The molecule has 0 fully saturated rings. The molecule has 0 radical (unpaired) electrons. The molecule has 0 aliphatic rings. The first-order valence-corrected chi connectivity index (χ1v) is 7.23. The number of anilines is 2. The van der Waals surface area contributed by atoms with Gasteiger partial charge < -0.3 is 19.6 Å². The van der Waals surface area contributed by atoms with Crippen LogP contribution in [-0.4, -0.2) is 17.0 Å². The predicted molar refractivity (Wildman–Crippen MR) is 87.0 cm³/mol. The Bertz CT molecular complexity index is 881. The first kappa shape index (κ1) is 15.5. The number of carbonyl (C=O) groups excluding carboxylic acids is 2. The fourth-order valence-corrected chi connectivity index (χ4v) is 2.10. The largest absolute Gasteiger partial charge is 0.459 e. The van der Waals surface area contributed by atoms with E-state index < -0.39 is 0 Å². The Hall–Kier alpha value is -3.35. The Morgan fingerprint density at radius 2 is 1.88 bits per heavy atom. The molecule has 0 spiro atoms. The van der Waals surface area contributed by atoms with Gasteiger partial charge in [-0.2, -0.15) is 0 Å². The van der Waals surface area contributed by atoms with Crippen molar-refractivity contribution in [3.63, 3.8) is 0 Å². The molecule has 1 aromatic carbocycles. The average molecular weight is 325 g/mol. The summed E-state index contributed by atoms with van der Waals surface area (Å²) < 4.78 is 9.96. The molecule has 0 aliphatic heterocycles. The summed E-state index contributed by atoms with van der Waals surface area (Å²) in [6, 6.07) is 9.82. The van der Waals surface area contributed by atoms with E-state index in [0.29, 0.717) is 22.8 Å². The lowest BCUT2D eigenvalue weighted by atomic mass is 10.1. The smallest absolute Gasteiger partial charge is 0.291 e. The first-order chi connectivity index (χ1) is 11.5. The molecule has 24 heavy (non-hydrogen) atoms. The van der Waals surface area contributed by atoms with Gasteiger partial charge in [-0.05, 0) is 43.7 Å². The Labute approximate surface area is 137 Å². The molecule has 2 amide bonds. The van der Waals surface area contributed by atoms with Crippen molar-refractivity contribution >= 4 is 23.3 Å². The van der Waals surface area contributed by atoms with Gasteiger partial charge in [-0.15, -0.1) is 0 Å². The minimum Gasteiger partial charge on any atom is -0.459 e. The van der Waals surface area contributed by atoms with Crippen LogP contribution in [0.15, 0.2) is 51.6 Å². The molecule has 2 aromatic heterocycles. The number of amides is 2. The van der Waals surface area contributed by atoms with Gasteiger partial charge in [0.25, 0.3) is 11.8 Å². The summed E-state index contributed by atoms with van der Waals surface area (Å²) in [6.07, 6.45) is 1.42. The molecule has 0 bridgehead atoms. The van der Waals surface area contributed by atoms with Crippen molar-refractivity contribution in [3.05, 3.63) is 65.3 Å². The van der Waals surface area contributed by atoms with Crippen molar-refractivity contribution < 1.29 is 18.5 Å². The van der Waals surface area contributed by atoms with Crippen molar-refractivity contribution in [2.24, 2.45) is 0 Å². The fraction of sp³-hybridized carbons (Fsp3) is 0.118. The van der Waals surface area contributed by atoms with Crippen molar-refractivity contribution in [1.29, 1.82) is 0 Å². The molecule has 2 heterocycles. The molecule has 7 nitrogen and oxygen atoms in total. The van der Waals surface area contributed by atoms with Crippen LogP contribution in [0.3, 0.4) is 0 Å². The summed E-state index contributed by atoms with van der Waals surface area (Å²) in [6.45, 7) is 3.57. The highest BCUT2D eigenvalue weighted by Crippen LogP contribution is 2.19. The average Bonchev–Trinajstić information content (AvgIpc) is 3.21. The van der Waals surface area contributed by atoms with Crippen LogP contribution in [0.5, 0.6) is 0 Å². The molecule has 122 valence electrons. The number of hydrogen-bond acceptors (Lipinski definition) is 5. The maximum absolute atomic E-state index is 12.3. The molecular weight excluding hydrogens is 310 g/mol. The SMILES string of the molecule is Cc1cc(NC(=O)c2ccc(C)c(NC(=O)c3ccco3)c2)no1. The zero-order valence-electron chi connectivity index (χ0n) is 13.1. The molecule has 0 atom stereocenters. The first-order valence-electron chi connectivity index (χ1n) is 7.23. The highest BCUT2D eigenvalue weighted by molar-refractivity contribution is 6.06. The quantitative estimate of drug-likeness (QED) is 0.766. The van der Waals surface area contributed by atoms with Crippen molar-refractivity contribution in [2.45, 2.75) is 13.8 Å². The Kier molecular flexibility index (Phi) is 4.15. The topological polar surface area (TPSA) is 97.4 Å². The number of benzene rings is 1. The number of hydrogen-bond donors (Lipinski definition) is 2. The minimum atomic E-state index is -0.382. The van der Waals surface area contributed by atoms with Crippen molar-refractivity contribution in [2.75, 3.05) is 10.6 Å². The van der Waals surface area contributed by atoms with Crippen LogP contribution in [0.4, 0.5) is 11.5 Å². The third-order valence-electron chi connectivity index (χ3n) is 3.36. The highest BCUT2D eigenvalue weighted by atomic mass is 16.5. The van der Waals surface area contributed by atoms with Gasteiger partial charge in [-0.1, -0.05) is 11.2 Å². The van der Waals surface area contributed by atoms with Crippen molar-refractivity contribution in [3.8, 4) is 0 Å². The van der Waals surface area contributed by atoms with Crippen LogP contribution in [0.1, 0.15) is 32.2 Å². The van der Waals surface area contributed by atoms with Crippen LogP contribution >= 0.6 is 0 Å². The van der Waals surface area contributed by atoms with E-state index in [1.165, 1.54) is 6.26 Å². The number of nitrogens with one attached hydrogen (secondary N) is 2. The van der Waals surface area contributed by atoms with Crippen LogP contribution in [0.25, 0.3) is 0 Å². The lowest BCUT2D eigenvalue weighted by molar-refractivity contribution is 0.0993. The Balaban J connectivity index is 1.78. The summed E-state index contributed by atoms with van der Waals surface area (Å²) in [4.78, 5) is 24.4. The van der Waals surface area contributed by atoms with E-state index in [-0.39, 0.29) is 17.6 Å². The normalized spacial score (nSPS) is 10.4. The number of aryl methyl sites for hydroxylation is 2.